The normalized spacial score (nSPS) is 27.6. The van der Waals surface area contributed by atoms with Crippen LogP contribution in [0.3, 0.4) is 0 Å². The molecule has 0 amide bonds. The highest BCUT2D eigenvalue weighted by atomic mass is 32.2. The van der Waals surface area contributed by atoms with Gasteiger partial charge in [-0.05, 0) is 39.2 Å². The van der Waals surface area contributed by atoms with Gasteiger partial charge in [0, 0.05) is 34.9 Å². The summed E-state index contributed by atoms with van der Waals surface area (Å²) in [7, 11) is -0.564. The van der Waals surface area contributed by atoms with Crippen molar-refractivity contribution < 1.29 is 4.21 Å². The molecular formula is C13H25NOS. The maximum Gasteiger partial charge on any atom is 0.0362 e. The van der Waals surface area contributed by atoms with Crippen LogP contribution in [-0.4, -0.2) is 39.7 Å². The summed E-state index contributed by atoms with van der Waals surface area (Å²) in [4.78, 5) is 2.51. The zero-order chi connectivity index (χ0) is 11.8. The highest BCUT2D eigenvalue weighted by molar-refractivity contribution is 7.85. The number of hydrogen-bond donors (Lipinski definition) is 0. The van der Waals surface area contributed by atoms with E-state index in [2.05, 4.69) is 18.4 Å². The van der Waals surface area contributed by atoms with Gasteiger partial charge in [0.15, 0.2) is 0 Å². The van der Waals surface area contributed by atoms with Crippen LogP contribution in [0.4, 0.5) is 0 Å². The second kappa shape index (κ2) is 8.02. The SMILES string of the molecule is C=CCCCCCN1CC[S@@](=O)CC[C@H]1C. The third-order valence-electron chi connectivity index (χ3n) is 3.35. The lowest BCUT2D eigenvalue weighted by Gasteiger charge is -2.26. The van der Waals surface area contributed by atoms with Crippen LogP contribution in [0.5, 0.6) is 0 Å². The Bertz CT molecular complexity index is 230. The number of hydrogen-bond acceptors (Lipinski definition) is 2. The maximum absolute atomic E-state index is 11.5. The van der Waals surface area contributed by atoms with Crippen LogP contribution in [0.25, 0.3) is 0 Å². The van der Waals surface area contributed by atoms with Gasteiger partial charge in [-0.15, -0.1) is 6.58 Å². The molecule has 0 aliphatic carbocycles. The van der Waals surface area contributed by atoms with E-state index < -0.39 is 10.8 Å². The predicted octanol–water partition coefficient (Wildman–Crippen LogP) is 2.58. The van der Waals surface area contributed by atoms with Crippen molar-refractivity contribution >= 4 is 10.8 Å². The lowest BCUT2D eigenvalue weighted by molar-refractivity contribution is 0.216. The number of unbranched alkanes of at least 4 members (excludes halogenated alkanes) is 3. The van der Waals surface area contributed by atoms with Crippen LogP contribution < -0.4 is 0 Å². The van der Waals surface area contributed by atoms with Gasteiger partial charge < -0.3 is 0 Å². The molecule has 0 saturated carbocycles. The molecule has 1 saturated heterocycles. The summed E-state index contributed by atoms with van der Waals surface area (Å²) < 4.78 is 11.5. The lowest BCUT2D eigenvalue weighted by Crippen LogP contribution is -2.34. The third-order valence-corrected chi connectivity index (χ3v) is 4.68. The second-order valence-corrected chi connectivity index (χ2v) is 6.36. The fraction of sp³-hybridized carbons (Fsp3) is 0.846. The Morgan fingerprint density at radius 3 is 2.94 bits per heavy atom. The summed E-state index contributed by atoms with van der Waals surface area (Å²) in [6.07, 6.45) is 8.05. The fourth-order valence-electron chi connectivity index (χ4n) is 2.14. The van der Waals surface area contributed by atoms with E-state index in [0.717, 1.165) is 30.9 Å². The Labute approximate surface area is 103 Å². The van der Waals surface area contributed by atoms with E-state index in [-0.39, 0.29) is 0 Å². The van der Waals surface area contributed by atoms with Crippen molar-refractivity contribution in [1.82, 2.24) is 4.90 Å². The molecule has 0 bridgehead atoms. The average Bonchev–Trinajstić information content (AvgIpc) is 2.43. The van der Waals surface area contributed by atoms with Gasteiger partial charge in [0.05, 0.1) is 0 Å². The largest absolute Gasteiger partial charge is 0.300 e. The van der Waals surface area contributed by atoms with E-state index >= 15 is 0 Å². The predicted molar refractivity (Wildman–Crippen MR) is 72.2 cm³/mol. The minimum atomic E-state index is -0.564. The Morgan fingerprint density at radius 1 is 1.38 bits per heavy atom. The molecule has 1 aliphatic heterocycles. The van der Waals surface area contributed by atoms with Crippen LogP contribution in [0.1, 0.15) is 39.0 Å². The van der Waals surface area contributed by atoms with E-state index in [1.165, 1.54) is 25.8 Å². The molecule has 2 atom stereocenters. The standard InChI is InChI=1S/C13H25NOS/c1-3-4-5-6-7-9-14-10-12-16(15)11-8-13(14)2/h3,13H,1,4-12H2,2H3/t13-,16+/m1/s1. The van der Waals surface area contributed by atoms with E-state index in [4.69, 9.17) is 0 Å². The van der Waals surface area contributed by atoms with Gasteiger partial charge in [0.2, 0.25) is 0 Å². The zero-order valence-electron chi connectivity index (χ0n) is 10.5. The van der Waals surface area contributed by atoms with Crippen molar-refractivity contribution in [1.29, 1.82) is 0 Å². The Kier molecular flexibility index (Phi) is 6.97. The van der Waals surface area contributed by atoms with E-state index in [0.29, 0.717) is 6.04 Å². The van der Waals surface area contributed by atoms with Crippen LogP contribution >= 0.6 is 0 Å². The second-order valence-electron chi connectivity index (χ2n) is 4.66. The van der Waals surface area contributed by atoms with Gasteiger partial charge in [-0.3, -0.25) is 9.11 Å². The molecule has 1 heterocycles. The topological polar surface area (TPSA) is 20.3 Å². The summed E-state index contributed by atoms with van der Waals surface area (Å²) in [6, 6.07) is 0.617. The van der Waals surface area contributed by atoms with Gasteiger partial charge in [0.25, 0.3) is 0 Å². The molecule has 0 aromatic rings. The first-order valence-corrected chi connectivity index (χ1v) is 7.92. The van der Waals surface area contributed by atoms with Crippen molar-refractivity contribution in [3.63, 3.8) is 0 Å². The third kappa shape index (κ3) is 5.26. The quantitative estimate of drug-likeness (QED) is 0.528. The molecule has 0 spiro atoms. The number of nitrogens with zero attached hydrogens (tertiary/aromatic N) is 1. The zero-order valence-corrected chi connectivity index (χ0v) is 11.3. The van der Waals surface area contributed by atoms with Crippen molar-refractivity contribution in [2.45, 2.75) is 45.1 Å². The monoisotopic (exact) mass is 243 g/mol. The summed E-state index contributed by atoms with van der Waals surface area (Å²) in [6.45, 7) is 8.21. The minimum absolute atomic E-state index is 0.564. The van der Waals surface area contributed by atoms with E-state index in [1.54, 1.807) is 0 Å². The van der Waals surface area contributed by atoms with Gasteiger partial charge in [-0.1, -0.05) is 12.5 Å². The first-order valence-electron chi connectivity index (χ1n) is 6.44. The van der Waals surface area contributed by atoms with Gasteiger partial charge in [0.1, 0.15) is 0 Å². The van der Waals surface area contributed by atoms with E-state index in [9.17, 15) is 4.21 Å². The minimum Gasteiger partial charge on any atom is -0.300 e. The molecule has 1 fully saturated rings. The highest BCUT2D eigenvalue weighted by Crippen LogP contribution is 2.12. The van der Waals surface area contributed by atoms with Crippen molar-refractivity contribution in [2.75, 3.05) is 24.6 Å². The highest BCUT2D eigenvalue weighted by Gasteiger charge is 2.18. The molecule has 0 radical (unpaired) electrons. The van der Waals surface area contributed by atoms with Crippen molar-refractivity contribution in [3.05, 3.63) is 12.7 Å². The molecule has 2 nitrogen and oxygen atoms in total. The molecule has 0 aromatic heterocycles. The van der Waals surface area contributed by atoms with Gasteiger partial charge in [-0.2, -0.15) is 0 Å². The summed E-state index contributed by atoms with van der Waals surface area (Å²) in [5.41, 5.74) is 0. The maximum atomic E-state index is 11.5. The summed E-state index contributed by atoms with van der Waals surface area (Å²) in [5.74, 6) is 1.77. The molecule has 0 unspecified atom stereocenters. The first-order chi connectivity index (χ1) is 7.74. The molecule has 1 aliphatic rings. The first kappa shape index (κ1) is 13.9. The molecule has 1 rings (SSSR count). The smallest absolute Gasteiger partial charge is 0.0362 e. The molecule has 16 heavy (non-hydrogen) atoms. The lowest BCUT2D eigenvalue weighted by atomic mass is 10.1. The number of allylic oxidation sites excluding steroid dienone is 1. The van der Waals surface area contributed by atoms with Crippen LogP contribution in [0, 0.1) is 0 Å². The molecular weight excluding hydrogens is 218 g/mol. The van der Waals surface area contributed by atoms with Gasteiger partial charge >= 0.3 is 0 Å². The van der Waals surface area contributed by atoms with Crippen LogP contribution in [0.15, 0.2) is 12.7 Å². The molecule has 0 aromatic carbocycles. The Hall–Kier alpha value is -0.150. The van der Waals surface area contributed by atoms with Crippen LogP contribution in [0.2, 0.25) is 0 Å². The molecule has 0 N–H and O–H groups in total. The summed E-state index contributed by atoms with van der Waals surface area (Å²) in [5, 5.41) is 0. The van der Waals surface area contributed by atoms with Crippen molar-refractivity contribution in [3.8, 4) is 0 Å². The Balaban J connectivity index is 2.18. The summed E-state index contributed by atoms with van der Waals surface area (Å²) >= 11 is 0. The van der Waals surface area contributed by atoms with Gasteiger partial charge in [-0.25, -0.2) is 0 Å². The van der Waals surface area contributed by atoms with Crippen molar-refractivity contribution in [2.24, 2.45) is 0 Å². The molecule has 94 valence electrons. The molecule has 3 heteroatoms. The van der Waals surface area contributed by atoms with Crippen LogP contribution in [-0.2, 0) is 10.8 Å². The fourth-order valence-corrected chi connectivity index (χ4v) is 3.38. The average molecular weight is 243 g/mol. The Morgan fingerprint density at radius 2 is 2.19 bits per heavy atom. The van der Waals surface area contributed by atoms with E-state index in [1.807, 2.05) is 6.08 Å². The number of rotatable bonds is 6.